The summed E-state index contributed by atoms with van der Waals surface area (Å²) >= 11 is 0. The zero-order valence-electron chi connectivity index (χ0n) is 15.6. The van der Waals surface area contributed by atoms with Crippen LogP contribution in [0.4, 0.5) is 5.69 Å². The van der Waals surface area contributed by atoms with Crippen molar-refractivity contribution < 1.29 is 13.2 Å². The molecule has 0 fully saturated rings. The minimum Gasteiger partial charge on any atom is -0.352 e. The smallest absolute Gasteiger partial charge is 0.264 e. The third-order valence-corrected chi connectivity index (χ3v) is 6.74. The van der Waals surface area contributed by atoms with Crippen LogP contribution in [0.1, 0.15) is 29.8 Å². The van der Waals surface area contributed by atoms with E-state index in [0.717, 1.165) is 5.56 Å². The van der Waals surface area contributed by atoms with Crippen molar-refractivity contribution in [3.63, 3.8) is 0 Å². The number of hydrogen-bond donors (Lipinski definition) is 2. The van der Waals surface area contributed by atoms with Gasteiger partial charge in [-0.2, -0.15) is 0 Å². The molecular weight excluding hydrogens is 362 g/mol. The number of anilines is 1. The molecule has 1 heterocycles. The Balaban J connectivity index is 1.89. The number of nitrogens with one attached hydrogen (secondary N) is 1. The highest BCUT2D eigenvalue weighted by atomic mass is 32.2. The minimum absolute atomic E-state index is 0.116. The topological polar surface area (TPSA) is 92.5 Å². The first kappa shape index (κ1) is 19.4. The predicted molar refractivity (Wildman–Crippen MR) is 106 cm³/mol. The molecule has 1 aliphatic heterocycles. The van der Waals surface area contributed by atoms with Crippen LogP contribution in [-0.4, -0.2) is 33.5 Å². The van der Waals surface area contributed by atoms with Gasteiger partial charge in [0.2, 0.25) is 0 Å². The van der Waals surface area contributed by atoms with Crippen LogP contribution in [0.5, 0.6) is 0 Å². The largest absolute Gasteiger partial charge is 0.352 e. The van der Waals surface area contributed by atoms with Crippen molar-refractivity contribution in [1.82, 2.24) is 5.32 Å². The molecule has 0 aliphatic carbocycles. The highest BCUT2D eigenvalue weighted by Gasteiger charge is 2.36. The molecule has 1 aliphatic rings. The summed E-state index contributed by atoms with van der Waals surface area (Å²) in [5.41, 5.74) is 7.60. The Labute approximate surface area is 160 Å². The fourth-order valence-electron chi connectivity index (χ4n) is 3.27. The number of fused-ring (bicyclic) bond motifs is 1. The Morgan fingerprint density at radius 1 is 1.26 bits per heavy atom. The van der Waals surface area contributed by atoms with Gasteiger partial charge in [0, 0.05) is 18.2 Å². The molecule has 3 rings (SSSR count). The first-order chi connectivity index (χ1) is 12.8. The Morgan fingerprint density at radius 3 is 2.74 bits per heavy atom. The lowest BCUT2D eigenvalue weighted by molar-refractivity contribution is 0.0948. The van der Waals surface area contributed by atoms with Crippen LogP contribution in [-0.2, 0) is 16.4 Å². The van der Waals surface area contributed by atoms with Gasteiger partial charge in [-0.25, -0.2) is 8.42 Å². The van der Waals surface area contributed by atoms with E-state index in [1.54, 1.807) is 12.1 Å². The Morgan fingerprint density at radius 2 is 2.00 bits per heavy atom. The molecular formula is C20H25N3O3S. The fraction of sp³-hybridized carbons (Fsp3) is 0.350. The van der Waals surface area contributed by atoms with Gasteiger partial charge in [-0.3, -0.25) is 9.10 Å². The molecule has 1 amide bonds. The molecule has 144 valence electrons. The first-order valence-corrected chi connectivity index (χ1v) is 10.5. The fourth-order valence-corrected chi connectivity index (χ4v) is 5.01. The van der Waals surface area contributed by atoms with Crippen LogP contribution in [0.15, 0.2) is 53.4 Å². The van der Waals surface area contributed by atoms with Crippen LogP contribution in [0.3, 0.4) is 0 Å². The summed E-state index contributed by atoms with van der Waals surface area (Å²) in [5.74, 6) is -0.148. The zero-order chi connectivity index (χ0) is 19.6. The maximum absolute atomic E-state index is 13.3. The molecule has 0 spiro atoms. The minimum atomic E-state index is -3.76. The second-order valence-electron chi connectivity index (χ2n) is 7.06. The standard InChI is InChI=1S/C20H25N3O3S/c1-14(12-21)13-22-20(24)17-7-5-8-18(11-17)27(25,26)23-15(2)10-16-6-3-4-9-19(16)23/h3-9,11,14-15H,10,12-13,21H2,1-2H3,(H,22,24). The van der Waals surface area contributed by atoms with Crippen molar-refractivity contribution in [3.05, 3.63) is 59.7 Å². The summed E-state index contributed by atoms with van der Waals surface area (Å²) in [6, 6.07) is 13.5. The van der Waals surface area contributed by atoms with E-state index < -0.39 is 10.0 Å². The predicted octanol–water partition coefficient (Wildman–Crippen LogP) is 2.15. The molecule has 2 atom stereocenters. The molecule has 2 unspecified atom stereocenters. The molecule has 0 saturated carbocycles. The summed E-state index contributed by atoms with van der Waals surface area (Å²) in [6.07, 6.45) is 0.673. The quantitative estimate of drug-likeness (QED) is 0.794. The lowest BCUT2D eigenvalue weighted by Crippen LogP contribution is -2.36. The normalized spacial score (nSPS) is 17.4. The van der Waals surface area contributed by atoms with Crippen LogP contribution in [0.25, 0.3) is 0 Å². The molecule has 0 bridgehead atoms. The number of benzene rings is 2. The third-order valence-electron chi connectivity index (χ3n) is 4.81. The lowest BCUT2D eigenvalue weighted by atomic mass is 10.1. The second kappa shape index (κ2) is 7.70. The SMILES string of the molecule is CC(CN)CNC(=O)c1cccc(S(=O)(=O)N2c3ccccc3CC2C)c1. The summed E-state index contributed by atoms with van der Waals surface area (Å²) in [7, 11) is -3.76. The van der Waals surface area contributed by atoms with E-state index in [1.807, 2.05) is 38.1 Å². The summed E-state index contributed by atoms with van der Waals surface area (Å²) in [6.45, 7) is 4.75. The molecule has 0 aromatic heterocycles. The van der Waals surface area contributed by atoms with Gasteiger partial charge in [0.15, 0.2) is 0 Å². The number of sulfonamides is 1. The van der Waals surface area contributed by atoms with Crippen LogP contribution < -0.4 is 15.4 Å². The van der Waals surface area contributed by atoms with Gasteiger partial charge in [-0.05, 0) is 55.6 Å². The second-order valence-corrected chi connectivity index (χ2v) is 8.88. The molecule has 3 N–H and O–H groups in total. The molecule has 6 nitrogen and oxygen atoms in total. The van der Waals surface area contributed by atoms with Gasteiger partial charge in [-0.1, -0.05) is 31.2 Å². The van der Waals surface area contributed by atoms with Crippen molar-refractivity contribution in [2.45, 2.75) is 31.2 Å². The maximum Gasteiger partial charge on any atom is 0.264 e. The number of carbonyl (C=O) groups is 1. The van der Waals surface area contributed by atoms with E-state index in [4.69, 9.17) is 5.73 Å². The number of carbonyl (C=O) groups excluding carboxylic acids is 1. The van der Waals surface area contributed by atoms with Gasteiger partial charge in [0.1, 0.15) is 0 Å². The van der Waals surface area contributed by atoms with Crippen LogP contribution >= 0.6 is 0 Å². The number of amides is 1. The number of hydrogen-bond acceptors (Lipinski definition) is 4. The van der Waals surface area contributed by atoms with Crippen LogP contribution in [0, 0.1) is 5.92 Å². The van der Waals surface area contributed by atoms with E-state index >= 15 is 0 Å². The maximum atomic E-state index is 13.3. The highest BCUT2D eigenvalue weighted by molar-refractivity contribution is 7.92. The molecule has 0 radical (unpaired) electrons. The van der Waals surface area contributed by atoms with Crippen molar-refractivity contribution in [2.75, 3.05) is 17.4 Å². The molecule has 7 heteroatoms. The third kappa shape index (κ3) is 3.84. The van der Waals surface area contributed by atoms with E-state index in [2.05, 4.69) is 5.32 Å². The molecule has 27 heavy (non-hydrogen) atoms. The van der Waals surface area contributed by atoms with Crippen molar-refractivity contribution in [2.24, 2.45) is 11.7 Å². The summed E-state index contributed by atoms with van der Waals surface area (Å²) < 4.78 is 28.0. The summed E-state index contributed by atoms with van der Waals surface area (Å²) in [4.78, 5) is 12.5. The van der Waals surface area contributed by atoms with Gasteiger partial charge in [0.25, 0.3) is 15.9 Å². The molecule has 0 saturated heterocycles. The van der Waals surface area contributed by atoms with E-state index in [1.165, 1.54) is 16.4 Å². The van der Waals surface area contributed by atoms with E-state index in [-0.39, 0.29) is 22.8 Å². The van der Waals surface area contributed by atoms with Crippen molar-refractivity contribution in [3.8, 4) is 0 Å². The lowest BCUT2D eigenvalue weighted by Gasteiger charge is -2.24. The number of nitrogens with zero attached hydrogens (tertiary/aromatic N) is 1. The number of para-hydroxylation sites is 1. The van der Waals surface area contributed by atoms with Crippen LogP contribution in [0.2, 0.25) is 0 Å². The Hall–Kier alpha value is -2.38. The van der Waals surface area contributed by atoms with Gasteiger partial charge in [-0.15, -0.1) is 0 Å². The average molecular weight is 388 g/mol. The Kier molecular flexibility index (Phi) is 5.53. The van der Waals surface area contributed by atoms with E-state index in [0.29, 0.717) is 30.8 Å². The van der Waals surface area contributed by atoms with Crippen molar-refractivity contribution in [1.29, 1.82) is 0 Å². The van der Waals surface area contributed by atoms with Gasteiger partial charge in [0.05, 0.1) is 10.6 Å². The Bertz CT molecular complexity index is 943. The molecule has 2 aromatic rings. The number of nitrogens with two attached hydrogens (primary N) is 1. The zero-order valence-corrected chi connectivity index (χ0v) is 16.4. The average Bonchev–Trinajstić information content (AvgIpc) is 3.02. The van der Waals surface area contributed by atoms with Gasteiger partial charge >= 0.3 is 0 Å². The van der Waals surface area contributed by atoms with Gasteiger partial charge < -0.3 is 11.1 Å². The molecule has 2 aromatic carbocycles. The highest BCUT2D eigenvalue weighted by Crippen LogP contribution is 2.36. The monoisotopic (exact) mass is 387 g/mol. The van der Waals surface area contributed by atoms with Crippen molar-refractivity contribution >= 4 is 21.6 Å². The summed E-state index contributed by atoms with van der Waals surface area (Å²) in [5, 5.41) is 2.79. The number of rotatable bonds is 6. The first-order valence-electron chi connectivity index (χ1n) is 9.05. The van der Waals surface area contributed by atoms with E-state index in [9.17, 15) is 13.2 Å².